The van der Waals surface area contributed by atoms with Gasteiger partial charge in [0.05, 0.1) is 24.2 Å². The number of hydrogen-bond acceptors (Lipinski definition) is 4. The fourth-order valence-electron chi connectivity index (χ4n) is 4.78. The van der Waals surface area contributed by atoms with E-state index < -0.39 is 23.3 Å². The Kier molecular flexibility index (Phi) is 6.92. The molecule has 0 bridgehead atoms. The molecule has 2 aliphatic rings. The summed E-state index contributed by atoms with van der Waals surface area (Å²) in [6.07, 6.45) is -3.52. The average Bonchev–Trinajstić information content (AvgIpc) is 3.13. The van der Waals surface area contributed by atoms with Crippen LogP contribution in [-0.4, -0.2) is 42.0 Å². The standard InChI is InChI=1S/C26H30F3NO4/c1-19(26(27,28)29)34-22-9-7-21(8-10-22)30-16-15-24(23(30)31)11-13-25(32,14-12-24)18-33-17-20-5-3-2-4-6-20/h2-10,19,32H,11-18H2,1H3/t19-,24-,25-/m1/s1. The van der Waals surface area contributed by atoms with Crippen molar-refractivity contribution in [1.29, 1.82) is 0 Å². The largest absolute Gasteiger partial charge is 0.481 e. The van der Waals surface area contributed by atoms with E-state index in [1.807, 2.05) is 30.3 Å². The zero-order valence-electron chi connectivity index (χ0n) is 19.2. The molecule has 1 aliphatic carbocycles. The predicted molar refractivity (Wildman–Crippen MR) is 122 cm³/mol. The second kappa shape index (κ2) is 9.58. The number of amides is 1. The molecule has 1 N–H and O–H groups in total. The minimum atomic E-state index is -4.44. The van der Waals surface area contributed by atoms with Crippen LogP contribution in [0.15, 0.2) is 54.6 Å². The van der Waals surface area contributed by atoms with Gasteiger partial charge in [-0.15, -0.1) is 0 Å². The number of nitrogens with zero attached hydrogens (tertiary/aromatic N) is 1. The predicted octanol–water partition coefficient (Wildman–Crippen LogP) is 5.26. The zero-order chi connectivity index (χ0) is 24.4. The van der Waals surface area contributed by atoms with Gasteiger partial charge >= 0.3 is 6.18 Å². The Balaban J connectivity index is 1.31. The van der Waals surface area contributed by atoms with Gasteiger partial charge in [-0.1, -0.05) is 30.3 Å². The number of hydrogen-bond donors (Lipinski definition) is 1. The summed E-state index contributed by atoms with van der Waals surface area (Å²) in [6, 6.07) is 15.9. The summed E-state index contributed by atoms with van der Waals surface area (Å²) in [4.78, 5) is 15.0. The molecule has 1 saturated carbocycles. The van der Waals surface area contributed by atoms with Gasteiger partial charge in [0.15, 0.2) is 6.10 Å². The van der Waals surface area contributed by atoms with E-state index in [9.17, 15) is 23.1 Å². The number of halogens is 3. The SMILES string of the molecule is C[C@@H](Oc1ccc(N2CC[C@]3(CC[C@](O)(COCc4ccccc4)CC3)C2=O)cc1)C(F)(F)F. The van der Waals surface area contributed by atoms with Gasteiger partial charge in [-0.3, -0.25) is 4.79 Å². The Hall–Kier alpha value is -2.58. The summed E-state index contributed by atoms with van der Waals surface area (Å²) < 4.78 is 48.8. The van der Waals surface area contributed by atoms with Crippen molar-refractivity contribution in [1.82, 2.24) is 0 Å². The van der Waals surface area contributed by atoms with Crippen LogP contribution in [-0.2, 0) is 16.1 Å². The van der Waals surface area contributed by atoms with Gasteiger partial charge in [0.1, 0.15) is 5.75 Å². The highest BCUT2D eigenvalue weighted by Gasteiger charge is 2.51. The summed E-state index contributed by atoms with van der Waals surface area (Å²) in [5.41, 5.74) is 0.234. The van der Waals surface area contributed by atoms with E-state index in [1.165, 1.54) is 12.1 Å². The topological polar surface area (TPSA) is 59.0 Å². The second-order valence-electron chi connectivity index (χ2n) is 9.49. The third kappa shape index (κ3) is 5.39. The third-order valence-corrected chi connectivity index (χ3v) is 7.06. The lowest BCUT2D eigenvalue weighted by Crippen LogP contribution is -2.45. The summed E-state index contributed by atoms with van der Waals surface area (Å²) in [5, 5.41) is 11.0. The zero-order valence-corrected chi connectivity index (χ0v) is 19.2. The fourth-order valence-corrected chi connectivity index (χ4v) is 4.78. The van der Waals surface area contributed by atoms with Gasteiger partial charge in [0.2, 0.25) is 5.91 Å². The quantitative estimate of drug-likeness (QED) is 0.591. The van der Waals surface area contributed by atoms with Crippen molar-refractivity contribution in [2.75, 3.05) is 18.1 Å². The van der Waals surface area contributed by atoms with Crippen molar-refractivity contribution in [3.8, 4) is 5.75 Å². The Labute approximate surface area is 197 Å². The van der Waals surface area contributed by atoms with E-state index in [0.29, 0.717) is 50.9 Å². The molecule has 2 fully saturated rings. The van der Waals surface area contributed by atoms with Crippen molar-refractivity contribution in [3.05, 3.63) is 60.2 Å². The molecule has 0 radical (unpaired) electrons. The molecule has 2 aromatic carbocycles. The van der Waals surface area contributed by atoms with Crippen LogP contribution in [0.4, 0.5) is 18.9 Å². The number of carbonyl (C=O) groups excluding carboxylic acids is 1. The van der Waals surface area contributed by atoms with Gasteiger partial charge in [0.25, 0.3) is 0 Å². The number of aliphatic hydroxyl groups is 1. The highest BCUT2D eigenvalue weighted by Crippen LogP contribution is 2.48. The molecule has 5 nitrogen and oxygen atoms in total. The lowest BCUT2D eigenvalue weighted by molar-refractivity contribution is -0.189. The van der Waals surface area contributed by atoms with Crippen molar-refractivity contribution in [2.24, 2.45) is 5.41 Å². The molecule has 1 saturated heterocycles. The molecule has 1 amide bonds. The number of carbonyl (C=O) groups is 1. The highest BCUT2D eigenvalue weighted by atomic mass is 19.4. The number of rotatable bonds is 7. The monoisotopic (exact) mass is 477 g/mol. The van der Waals surface area contributed by atoms with Gasteiger partial charge in [-0.2, -0.15) is 13.2 Å². The molecular weight excluding hydrogens is 447 g/mol. The summed E-state index contributed by atoms with van der Waals surface area (Å²) >= 11 is 0. The van der Waals surface area contributed by atoms with Crippen LogP contribution >= 0.6 is 0 Å². The van der Waals surface area contributed by atoms with Crippen LogP contribution in [0.1, 0.15) is 44.6 Å². The summed E-state index contributed by atoms with van der Waals surface area (Å²) in [7, 11) is 0. The van der Waals surface area contributed by atoms with E-state index in [2.05, 4.69) is 0 Å². The van der Waals surface area contributed by atoms with Crippen molar-refractivity contribution >= 4 is 11.6 Å². The first kappa shape index (κ1) is 24.5. The van der Waals surface area contributed by atoms with Gasteiger partial charge < -0.3 is 19.5 Å². The van der Waals surface area contributed by atoms with E-state index >= 15 is 0 Å². The first-order chi connectivity index (χ1) is 16.1. The van der Waals surface area contributed by atoms with Crippen LogP contribution < -0.4 is 9.64 Å². The van der Waals surface area contributed by atoms with Crippen LogP contribution in [0.25, 0.3) is 0 Å². The molecule has 0 aromatic heterocycles. The first-order valence-electron chi connectivity index (χ1n) is 11.6. The number of benzene rings is 2. The van der Waals surface area contributed by atoms with Gasteiger partial charge in [0, 0.05) is 12.2 Å². The van der Waals surface area contributed by atoms with Gasteiger partial charge in [-0.05, 0) is 68.9 Å². The maximum atomic E-state index is 13.3. The normalized spacial score (nSPS) is 26.1. The summed E-state index contributed by atoms with van der Waals surface area (Å²) in [6.45, 7) is 2.16. The van der Waals surface area contributed by atoms with Crippen molar-refractivity contribution in [3.63, 3.8) is 0 Å². The Morgan fingerprint density at radius 1 is 1.00 bits per heavy atom. The van der Waals surface area contributed by atoms with Gasteiger partial charge in [-0.25, -0.2) is 0 Å². The molecule has 1 heterocycles. The molecule has 2 aromatic rings. The average molecular weight is 478 g/mol. The van der Waals surface area contributed by atoms with E-state index in [4.69, 9.17) is 9.47 Å². The van der Waals surface area contributed by atoms with Crippen LogP contribution in [0.5, 0.6) is 5.75 Å². The number of ether oxygens (including phenoxy) is 2. The highest BCUT2D eigenvalue weighted by molar-refractivity contribution is 6.00. The molecule has 4 rings (SSSR count). The van der Waals surface area contributed by atoms with E-state index in [1.54, 1.807) is 17.0 Å². The molecule has 1 atom stereocenters. The maximum Gasteiger partial charge on any atom is 0.425 e. The molecule has 8 heteroatoms. The minimum Gasteiger partial charge on any atom is -0.481 e. The molecule has 34 heavy (non-hydrogen) atoms. The minimum absolute atomic E-state index is 0.0112. The molecule has 1 aliphatic heterocycles. The first-order valence-corrected chi connectivity index (χ1v) is 11.6. The lowest BCUT2D eigenvalue weighted by atomic mass is 9.68. The second-order valence-corrected chi connectivity index (χ2v) is 9.49. The van der Waals surface area contributed by atoms with Crippen LogP contribution in [0.3, 0.4) is 0 Å². The smallest absolute Gasteiger partial charge is 0.425 e. The lowest BCUT2D eigenvalue weighted by Gasteiger charge is -2.40. The van der Waals surface area contributed by atoms with Crippen molar-refractivity contribution < 1.29 is 32.5 Å². The van der Waals surface area contributed by atoms with Crippen LogP contribution in [0, 0.1) is 5.41 Å². The molecule has 0 unspecified atom stereocenters. The number of anilines is 1. The third-order valence-electron chi connectivity index (χ3n) is 7.06. The summed E-state index contributed by atoms with van der Waals surface area (Å²) in [5.74, 6) is 0.116. The fraction of sp³-hybridized carbons (Fsp3) is 0.500. The van der Waals surface area contributed by atoms with E-state index in [0.717, 1.165) is 12.5 Å². The Morgan fingerprint density at radius 3 is 2.26 bits per heavy atom. The molecule has 184 valence electrons. The van der Waals surface area contributed by atoms with Crippen molar-refractivity contribution in [2.45, 2.75) is 63.5 Å². The van der Waals surface area contributed by atoms with Crippen LogP contribution in [0.2, 0.25) is 0 Å². The molecular formula is C26H30F3NO4. The molecule has 1 spiro atoms. The number of alkyl halides is 3. The Bertz CT molecular complexity index is 970. The Morgan fingerprint density at radius 2 is 1.65 bits per heavy atom. The maximum absolute atomic E-state index is 13.3. The van der Waals surface area contributed by atoms with E-state index in [-0.39, 0.29) is 18.3 Å².